The van der Waals surface area contributed by atoms with Crippen molar-refractivity contribution in [3.63, 3.8) is 0 Å². The maximum Gasteiger partial charge on any atom is 0.143 e. The van der Waals surface area contributed by atoms with Gasteiger partial charge in [0.15, 0.2) is 0 Å². The number of hydrogen-bond donors (Lipinski definition) is 0. The lowest BCUT2D eigenvalue weighted by Gasteiger charge is -2.27. The highest BCUT2D eigenvalue weighted by Gasteiger charge is 2.21. The van der Waals surface area contributed by atoms with Gasteiger partial charge >= 0.3 is 0 Å². The maximum absolute atomic E-state index is 9.87. The van der Waals surface area contributed by atoms with Crippen LogP contribution in [0.1, 0.15) is 5.48 Å². The molecule has 12 aromatic rings. The fourth-order valence-corrected chi connectivity index (χ4v) is 8.95. The minimum absolute atomic E-state index is 0.123. The number of benzene rings is 10. The van der Waals surface area contributed by atoms with Gasteiger partial charge in [0.25, 0.3) is 0 Å². The summed E-state index contributed by atoms with van der Waals surface area (Å²) in [5, 5.41) is 7.98. The van der Waals surface area contributed by atoms with Crippen molar-refractivity contribution < 1.29 is 9.90 Å². The van der Waals surface area contributed by atoms with Crippen molar-refractivity contribution in [3.05, 3.63) is 218 Å². The molecule has 12 rings (SSSR count). The van der Waals surface area contributed by atoms with E-state index in [1.165, 1.54) is 0 Å². The van der Waals surface area contributed by atoms with E-state index in [1.54, 1.807) is 0 Å². The summed E-state index contributed by atoms with van der Waals surface area (Å²) in [5.41, 5.74) is 8.85. The molecule has 0 aliphatic carbocycles. The Kier molecular flexibility index (Phi) is 6.65. The Balaban J connectivity index is 1.10. The van der Waals surface area contributed by atoms with Crippen LogP contribution in [0.25, 0.3) is 93.2 Å². The number of nitrogens with zero attached hydrogens (tertiary/aromatic N) is 2. The van der Waals surface area contributed by atoms with Crippen LogP contribution in [-0.2, 0) is 0 Å². The standard InChI is InChI=1S/C56H36N2O/c1-2-17-42(18-3-1)58-51-24-9-8-22-48(51)50-36-40(30-34-52(50)58)37-27-31-43(32-28-37)57(44-19-10-16-41(35-44)46-23-11-15-38-13-4-6-20-45(38)46)53-25-12-26-54-55(53)49-33-29-39-14-5-7-21-47(39)56(49)59-54/h1-36H/i27D,28D,31D,32D. The van der Waals surface area contributed by atoms with E-state index >= 15 is 0 Å². The van der Waals surface area contributed by atoms with Crippen LogP contribution in [-0.4, -0.2) is 4.57 Å². The summed E-state index contributed by atoms with van der Waals surface area (Å²) in [4.78, 5) is 1.89. The predicted molar refractivity (Wildman–Crippen MR) is 249 cm³/mol. The molecule has 0 saturated carbocycles. The second-order valence-electron chi connectivity index (χ2n) is 15.0. The summed E-state index contributed by atoms with van der Waals surface area (Å²) < 4.78 is 48.1. The summed E-state index contributed by atoms with van der Waals surface area (Å²) in [7, 11) is 0. The van der Waals surface area contributed by atoms with Gasteiger partial charge in [-0.1, -0.05) is 146 Å². The molecule has 0 fully saturated rings. The van der Waals surface area contributed by atoms with E-state index in [4.69, 9.17) is 4.42 Å². The molecule has 0 aliphatic heterocycles. The second-order valence-corrected chi connectivity index (χ2v) is 15.0. The first-order valence-corrected chi connectivity index (χ1v) is 19.9. The molecule has 2 aromatic heterocycles. The Labute approximate surface area is 346 Å². The molecule has 0 radical (unpaired) electrons. The van der Waals surface area contributed by atoms with Gasteiger partial charge in [-0.15, -0.1) is 0 Å². The number of rotatable bonds is 6. The monoisotopic (exact) mass is 756 g/mol. The maximum atomic E-state index is 9.87. The van der Waals surface area contributed by atoms with E-state index in [0.29, 0.717) is 22.5 Å². The second kappa shape index (κ2) is 13.4. The molecule has 0 unspecified atom stereocenters. The van der Waals surface area contributed by atoms with Crippen LogP contribution in [0.2, 0.25) is 0 Å². The Hall–Kier alpha value is -7.88. The summed E-state index contributed by atoms with van der Waals surface area (Å²) >= 11 is 0. The minimum Gasteiger partial charge on any atom is -0.455 e. The highest BCUT2D eigenvalue weighted by molar-refractivity contribution is 6.19. The predicted octanol–water partition coefficient (Wildman–Crippen LogP) is 15.8. The van der Waals surface area contributed by atoms with E-state index < -0.39 is 0 Å². The third-order valence-electron chi connectivity index (χ3n) is 11.6. The third kappa shape index (κ3) is 5.36. The number of hydrogen-bond acceptors (Lipinski definition) is 2. The van der Waals surface area contributed by atoms with Crippen molar-refractivity contribution in [1.82, 2.24) is 4.57 Å². The first-order chi connectivity index (χ1) is 30.9. The normalized spacial score (nSPS) is 12.7. The average molecular weight is 757 g/mol. The molecule has 276 valence electrons. The summed E-state index contributed by atoms with van der Waals surface area (Å²) in [6.07, 6.45) is 0. The molecule has 0 bridgehead atoms. The Morgan fingerprint density at radius 3 is 1.98 bits per heavy atom. The highest BCUT2D eigenvalue weighted by Crippen LogP contribution is 2.46. The SMILES string of the molecule is [2H]c1c([2H])c(N(c2cccc(-c3cccc4ccccc34)c2)c2cccc3oc4c5ccccc5ccc4c23)c([2H])c([2H])c1-c1ccc2c(c1)c1ccccc1n2-c1ccccc1. The van der Waals surface area contributed by atoms with Crippen LogP contribution in [0.15, 0.2) is 223 Å². The lowest BCUT2D eigenvalue weighted by atomic mass is 9.97. The van der Waals surface area contributed by atoms with Crippen molar-refractivity contribution >= 4 is 82.4 Å². The van der Waals surface area contributed by atoms with Crippen molar-refractivity contribution in [3.8, 4) is 27.9 Å². The summed E-state index contributed by atoms with van der Waals surface area (Å²) in [5.74, 6) is 0. The van der Waals surface area contributed by atoms with Gasteiger partial charge < -0.3 is 13.9 Å². The van der Waals surface area contributed by atoms with E-state index in [2.05, 4.69) is 95.6 Å². The molecule has 3 heteroatoms. The molecular weight excluding hydrogens is 717 g/mol. The average Bonchev–Trinajstić information content (AvgIpc) is 3.89. The smallest absolute Gasteiger partial charge is 0.143 e. The van der Waals surface area contributed by atoms with Gasteiger partial charge in [-0.3, -0.25) is 0 Å². The number of aromatic nitrogens is 1. The van der Waals surface area contributed by atoms with Crippen LogP contribution in [0.5, 0.6) is 0 Å². The van der Waals surface area contributed by atoms with Crippen LogP contribution in [0.4, 0.5) is 17.1 Å². The van der Waals surface area contributed by atoms with Crippen LogP contribution in [0, 0.1) is 0 Å². The zero-order valence-corrected chi connectivity index (χ0v) is 31.8. The number of anilines is 3. The molecule has 0 saturated heterocycles. The van der Waals surface area contributed by atoms with E-state index in [-0.39, 0.29) is 35.4 Å². The molecule has 0 atom stereocenters. The Morgan fingerprint density at radius 2 is 1.12 bits per heavy atom. The van der Waals surface area contributed by atoms with E-state index in [1.807, 2.05) is 108 Å². The van der Waals surface area contributed by atoms with Crippen molar-refractivity contribution in [1.29, 1.82) is 0 Å². The summed E-state index contributed by atoms with van der Waals surface area (Å²) in [6.45, 7) is 0. The lowest BCUT2D eigenvalue weighted by molar-refractivity contribution is 0.672. The van der Waals surface area contributed by atoms with Crippen LogP contribution >= 0.6 is 0 Å². The summed E-state index contributed by atoms with van der Waals surface area (Å²) in [6, 6.07) is 64.7. The molecule has 10 aromatic carbocycles. The zero-order chi connectivity index (χ0) is 42.3. The third-order valence-corrected chi connectivity index (χ3v) is 11.6. The largest absolute Gasteiger partial charge is 0.455 e. The van der Waals surface area contributed by atoms with Gasteiger partial charge in [-0.2, -0.15) is 0 Å². The number of fused-ring (bicyclic) bond motifs is 9. The molecule has 0 N–H and O–H groups in total. The van der Waals surface area contributed by atoms with E-state index in [9.17, 15) is 5.48 Å². The molecule has 0 amide bonds. The molecule has 0 aliphatic rings. The van der Waals surface area contributed by atoms with E-state index in [0.717, 1.165) is 76.5 Å². The van der Waals surface area contributed by atoms with Crippen LogP contribution in [0.3, 0.4) is 0 Å². The molecule has 0 spiro atoms. The first-order valence-electron chi connectivity index (χ1n) is 21.9. The lowest BCUT2D eigenvalue weighted by Crippen LogP contribution is -2.10. The minimum atomic E-state index is -0.149. The van der Waals surface area contributed by atoms with Gasteiger partial charge in [-0.05, 0) is 111 Å². The van der Waals surface area contributed by atoms with Gasteiger partial charge in [0.05, 0.1) is 27.6 Å². The van der Waals surface area contributed by atoms with Gasteiger partial charge in [0, 0.05) is 38.6 Å². The molecule has 59 heavy (non-hydrogen) atoms. The quantitative estimate of drug-likeness (QED) is 0.168. The highest BCUT2D eigenvalue weighted by atomic mass is 16.3. The van der Waals surface area contributed by atoms with Crippen molar-refractivity contribution in [2.45, 2.75) is 0 Å². The zero-order valence-electron chi connectivity index (χ0n) is 35.8. The molecular formula is C56H36N2O. The van der Waals surface area contributed by atoms with Crippen molar-refractivity contribution in [2.24, 2.45) is 0 Å². The Morgan fingerprint density at radius 1 is 0.424 bits per heavy atom. The van der Waals surface area contributed by atoms with Crippen molar-refractivity contribution in [2.75, 3.05) is 4.90 Å². The topological polar surface area (TPSA) is 21.3 Å². The van der Waals surface area contributed by atoms with Gasteiger partial charge in [0.1, 0.15) is 11.2 Å². The van der Waals surface area contributed by atoms with Gasteiger partial charge in [0.2, 0.25) is 0 Å². The number of para-hydroxylation sites is 2. The first kappa shape index (κ1) is 29.4. The van der Waals surface area contributed by atoms with Crippen LogP contribution < -0.4 is 4.90 Å². The Bertz CT molecular complexity index is 3780. The fraction of sp³-hybridized carbons (Fsp3) is 0. The fourth-order valence-electron chi connectivity index (χ4n) is 8.95. The number of furan rings is 1. The van der Waals surface area contributed by atoms with Gasteiger partial charge in [-0.25, -0.2) is 0 Å². The molecule has 3 nitrogen and oxygen atoms in total. The molecule has 2 heterocycles.